The number of aryl methyl sites for hydroxylation is 1. The van der Waals surface area contributed by atoms with Crippen molar-refractivity contribution in [2.45, 2.75) is 32.9 Å². The van der Waals surface area contributed by atoms with E-state index in [1.54, 1.807) is 33.8 Å². The lowest BCUT2D eigenvalue weighted by Crippen LogP contribution is -2.41. The zero-order chi connectivity index (χ0) is 18.5. The van der Waals surface area contributed by atoms with Crippen LogP contribution in [0.3, 0.4) is 0 Å². The lowest BCUT2D eigenvalue weighted by Gasteiger charge is -2.30. The molecule has 2 amide bonds. The number of amides is 2. The molecule has 1 saturated heterocycles. The molecule has 2 heterocycles. The van der Waals surface area contributed by atoms with Gasteiger partial charge in [0, 0.05) is 31.1 Å². The zero-order valence-electron chi connectivity index (χ0n) is 14.7. The highest BCUT2D eigenvalue weighted by Gasteiger charge is 2.26. The van der Waals surface area contributed by atoms with E-state index in [1.807, 2.05) is 6.92 Å². The van der Waals surface area contributed by atoms with Gasteiger partial charge in [-0.2, -0.15) is 0 Å². The Balaban J connectivity index is 1.55. The Morgan fingerprint density at radius 3 is 2.54 bits per heavy atom. The van der Waals surface area contributed by atoms with Crippen LogP contribution in [0.1, 0.15) is 35.9 Å². The Bertz CT molecular complexity index is 765. The fraction of sp³-hybridized carbons (Fsp3) is 0.471. The van der Waals surface area contributed by atoms with Crippen LogP contribution in [-0.2, 0) is 17.9 Å². The number of primary amides is 1. The molecule has 0 atom stereocenters. The van der Waals surface area contributed by atoms with Crippen molar-refractivity contribution >= 4 is 11.8 Å². The van der Waals surface area contributed by atoms with E-state index in [1.165, 1.54) is 0 Å². The molecule has 0 bridgehead atoms. The molecule has 9 nitrogen and oxygen atoms in total. The average Bonchev–Trinajstić information content (AvgIpc) is 3.14. The molecule has 0 radical (unpaired) electrons. The third-order valence-corrected chi connectivity index (χ3v) is 4.56. The number of carbonyl (C=O) groups is 2. The molecule has 26 heavy (non-hydrogen) atoms. The van der Waals surface area contributed by atoms with Crippen molar-refractivity contribution in [3.05, 3.63) is 35.7 Å². The zero-order valence-corrected chi connectivity index (χ0v) is 14.7. The van der Waals surface area contributed by atoms with E-state index in [2.05, 4.69) is 15.5 Å². The van der Waals surface area contributed by atoms with Gasteiger partial charge < -0.3 is 15.4 Å². The van der Waals surface area contributed by atoms with E-state index in [0.717, 1.165) is 0 Å². The molecule has 2 N–H and O–H groups in total. The number of piperidine rings is 1. The number of benzene rings is 1. The van der Waals surface area contributed by atoms with Crippen LogP contribution < -0.4 is 10.5 Å². The summed E-state index contributed by atoms with van der Waals surface area (Å²) in [5.41, 5.74) is 5.92. The number of likely N-dealkylation sites (tertiary alicyclic amines) is 1. The number of nitrogens with two attached hydrogens (primary N) is 1. The minimum atomic E-state index is -0.285. The van der Waals surface area contributed by atoms with Crippen LogP contribution >= 0.6 is 0 Å². The van der Waals surface area contributed by atoms with Crippen molar-refractivity contribution in [2.24, 2.45) is 11.7 Å². The van der Waals surface area contributed by atoms with E-state index in [9.17, 15) is 9.59 Å². The first kappa shape index (κ1) is 17.8. The van der Waals surface area contributed by atoms with Gasteiger partial charge in [0.2, 0.25) is 5.91 Å². The monoisotopic (exact) mass is 358 g/mol. The van der Waals surface area contributed by atoms with Gasteiger partial charge in [0.05, 0.1) is 0 Å². The topological polar surface area (TPSA) is 116 Å². The maximum absolute atomic E-state index is 12.6. The second kappa shape index (κ2) is 7.94. The average molecular weight is 358 g/mol. The third kappa shape index (κ3) is 3.98. The summed E-state index contributed by atoms with van der Waals surface area (Å²) in [5, 5.41) is 11.4. The van der Waals surface area contributed by atoms with E-state index < -0.39 is 0 Å². The highest BCUT2D eigenvalue weighted by atomic mass is 16.5. The summed E-state index contributed by atoms with van der Waals surface area (Å²) >= 11 is 0. The van der Waals surface area contributed by atoms with Gasteiger partial charge in [0.1, 0.15) is 12.4 Å². The summed E-state index contributed by atoms with van der Waals surface area (Å²) in [5.74, 6) is 0.821. The fourth-order valence-electron chi connectivity index (χ4n) is 2.96. The quantitative estimate of drug-likeness (QED) is 0.809. The van der Waals surface area contributed by atoms with Crippen LogP contribution in [0.5, 0.6) is 5.75 Å². The number of nitrogens with zero attached hydrogens (tertiary/aromatic N) is 5. The third-order valence-electron chi connectivity index (χ3n) is 4.56. The van der Waals surface area contributed by atoms with E-state index in [-0.39, 0.29) is 24.3 Å². The number of hydrogen-bond donors (Lipinski definition) is 1. The first-order valence-corrected chi connectivity index (χ1v) is 8.65. The van der Waals surface area contributed by atoms with Crippen molar-refractivity contribution in [1.29, 1.82) is 0 Å². The van der Waals surface area contributed by atoms with Gasteiger partial charge in [-0.15, -0.1) is 5.10 Å². The van der Waals surface area contributed by atoms with E-state index in [0.29, 0.717) is 49.6 Å². The standard InChI is InChI=1S/C17H22N6O3/c1-2-23-15(19-20-21-23)11-26-14-5-3-13(4-6-14)17(25)22-9-7-12(8-10-22)16(18)24/h3-6,12H,2,7-11H2,1H3,(H2,18,24). The van der Waals surface area contributed by atoms with E-state index >= 15 is 0 Å². The normalized spacial score (nSPS) is 15.0. The number of aromatic nitrogens is 4. The lowest BCUT2D eigenvalue weighted by molar-refractivity contribution is -0.123. The van der Waals surface area contributed by atoms with Gasteiger partial charge in [-0.05, 0) is 54.5 Å². The van der Waals surface area contributed by atoms with Crippen LogP contribution in [0.15, 0.2) is 24.3 Å². The van der Waals surface area contributed by atoms with Crippen LogP contribution in [-0.4, -0.2) is 50.0 Å². The molecule has 9 heteroatoms. The number of ether oxygens (including phenoxy) is 1. The number of carbonyl (C=O) groups excluding carboxylic acids is 2. The maximum Gasteiger partial charge on any atom is 0.253 e. The summed E-state index contributed by atoms with van der Waals surface area (Å²) < 4.78 is 7.33. The van der Waals surface area contributed by atoms with Gasteiger partial charge in [-0.3, -0.25) is 9.59 Å². The SMILES string of the molecule is CCn1nnnc1COc1ccc(C(=O)N2CCC(C(N)=O)CC2)cc1. The molecule has 1 aromatic carbocycles. The van der Waals surface area contributed by atoms with Gasteiger partial charge in [0.25, 0.3) is 5.91 Å². The number of hydrogen-bond acceptors (Lipinski definition) is 6. The molecule has 0 unspecified atom stereocenters. The summed E-state index contributed by atoms with van der Waals surface area (Å²) in [6.07, 6.45) is 1.24. The predicted molar refractivity (Wildman–Crippen MR) is 92.1 cm³/mol. The Hall–Kier alpha value is -2.97. The Morgan fingerprint density at radius 1 is 1.23 bits per heavy atom. The highest BCUT2D eigenvalue weighted by molar-refractivity contribution is 5.94. The molecule has 2 aromatic rings. The van der Waals surface area contributed by atoms with Crippen molar-refractivity contribution in [3.8, 4) is 5.75 Å². The van der Waals surface area contributed by atoms with Gasteiger partial charge >= 0.3 is 0 Å². The summed E-state index contributed by atoms with van der Waals surface area (Å²) in [7, 11) is 0. The molecular formula is C17H22N6O3. The second-order valence-corrected chi connectivity index (χ2v) is 6.19. The summed E-state index contributed by atoms with van der Waals surface area (Å²) in [6.45, 7) is 3.97. The molecule has 3 rings (SSSR count). The van der Waals surface area contributed by atoms with Crippen molar-refractivity contribution in [1.82, 2.24) is 25.1 Å². The molecule has 1 aromatic heterocycles. The predicted octanol–water partition coefficient (Wildman–Crippen LogP) is 0.610. The minimum Gasteiger partial charge on any atom is -0.486 e. The Kier molecular flexibility index (Phi) is 5.45. The molecule has 0 saturated carbocycles. The molecule has 138 valence electrons. The van der Waals surface area contributed by atoms with Crippen molar-refractivity contribution in [2.75, 3.05) is 13.1 Å². The number of rotatable bonds is 6. The summed E-state index contributed by atoms with van der Waals surface area (Å²) in [4.78, 5) is 25.5. The smallest absolute Gasteiger partial charge is 0.253 e. The second-order valence-electron chi connectivity index (χ2n) is 6.19. The van der Waals surface area contributed by atoms with Gasteiger partial charge in [-0.1, -0.05) is 0 Å². The first-order chi connectivity index (χ1) is 12.6. The Labute approximate surface area is 151 Å². The van der Waals surface area contributed by atoms with Crippen molar-refractivity contribution in [3.63, 3.8) is 0 Å². The minimum absolute atomic E-state index is 0.0469. The molecular weight excluding hydrogens is 336 g/mol. The van der Waals surface area contributed by atoms with Crippen LogP contribution in [0.2, 0.25) is 0 Å². The lowest BCUT2D eigenvalue weighted by atomic mass is 9.96. The van der Waals surface area contributed by atoms with Gasteiger partial charge in [0.15, 0.2) is 5.82 Å². The van der Waals surface area contributed by atoms with Crippen LogP contribution in [0.4, 0.5) is 0 Å². The molecule has 1 aliphatic rings. The maximum atomic E-state index is 12.6. The van der Waals surface area contributed by atoms with Crippen molar-refractivity contribution < 1.29 is 14.3 Å². The first-order valence-electron chi connectivity index (χ1n) is 8.65. The molecule has 0 aliphatic carbocycles. The van der Waals surface area contributed by atoms with E-state index in [4.69, 9.17) is 10.5 Å². The molecule has 1 fully saturated rings. The van der Waals surface area contributed by atoms with Crippen LogP contribution in [0, 0.1) is 5.92 Å². The van der Waals surface area contributed by atoms with Gasteiger partial charge in [-0.25, -0.2) is 4.68 Å². The fourth-order valence-corrected chi connectivity index (χ4v) is 2.96. The van der Waals surface area contributed by atoms with Crippen LogP contribution in [0.25, 0.3) is 0 Å². The molecule has 1 aliphatic heterocycles. The summed E-state index contributed by atoms with van der Waals surface area (Å²) in [6, 6.07) is 6.98. The highest BCUT2D eigenvalue weighted by Crippen LogP contribution is 2.20. The molecule has 0 spiro atoms. The number of tetrazole rings is 1. The Morgan fingerprint density at radius 2 is 1.92 bits per heavy atom. The largest absolute Gasteiger partial charge is 0.486 e.